The first-order chi connectivity index (χ1) is 8.72. The van der Waals surface area contributed by atoms with Crippen molar-refractivity contribution in [2.24, 2.45) is 28.9 Å². The van der Waals surface area contributed by atoms with Crippen molar-refractivity contribution in [2.75, 3.05) is 19.6 Å². The van der Waals surface area contributed by atoms with Crippen LogP contribution >= 0.6 is 0 Å². The zero-order valence-corrected chi connectivity index (χ0v) is 13.3. The van der Waals surface area contributed by atoms with Crippen LogP contribution in [-0.2, 0) is 9.59 Å². The van der Waals surface area contributed by atoms with Crippen LogP contribution in [0.5, 0.6) is 0 Å². The highest BCUT2D eigenvalue weighted by atomic mass is 16.2. The van der Waals surface area contributed by atoms with Crippen molar-refractivity contribution in [1.82, 2.24) is 4.90 Å². The Bertz CT molecular complexity index is 284. The maximum atomic E-state index is 11.2. The number of carbonyl (C=O) groups excluding carboxylic acids is 2. The molecule has 0 aromatic carbocycles. The quantitative estimate of drug-likeness (QED) is 0.740. The van der Waals surface area contributed by atoms with Gasteiger partial charge in [0.25, 0.3) is 0 Å². The highest BCUT2D eigenvalue weighted by molar-refractivity contribution is 5.78. The number of nitrogens with zero attached hydrogens (tertiary/aromatic N) is 1. The van der Waals surface area contributed by atoms with Gasteiger partial charge in [0.1, 0.15) is 6.29 Å². The summed E-state index contributed by atoms with van der Waals surface area (Å²) in [6.07, 6.45) is 0.750. The molecule has 0 aromatic rings. The van der Waals surface area contributed by atoms with Crippen LogP contribution < -0.4 is 5.73 Å². The summed E-state index contributed by atoms with van der Waals surface area (Å²) in [7, 11) is 0. The van der Waals surface area contributed by atoms with Crippen LogP contribution in [-0.4, -0.2) is 36.7 Å². The van der Waals surface area contributed by atoms with E-state index in [9.17, 15) is 4.79 Å². The minimum atomic E-state index is 0.109. The van der Waals surface area contributed by atoms with E-state index >= 15 is 0 Å². The molecule has 1 heterocycles. The molecular weight excluding hydrogens is 240 g/mol. The largest absolute Gasteiger partial charge is 0.341 e. The summed E-state index contributed by atoms with van der Waals surface area (Å²) in [4.78, 5) is 21.9. The molecule has 1 amide bonds. The van der Waals surface area contributed by atoms with E-state index in [-0.39, 0.29) is 12.5 Å². The van der Waals surface area contributed by atoms with E-state index in [1.54, 1.807) is 0 Å². The molecule has 1 aliphatic carbocycles. The summed E-state index contributed by atoms with van der Waals surface area (Å²) >= 11 is 0. The summed E-state index contributed by atoms with van der Waals surface area (Å²) in [6, 6.07) is 0. The van der Waals surface area contributed by atoms with E-state index in [0.717, 1.165) is 37.1 Å². The molecule has 4 nitrogen and oxygen atoms in total. The number of piperidine rings is 1. The van der Waals surface area contributed by atoms with Gasteiger partial charge in [-0.25, -0.2) is 0 Å². The Labute approximate surface area is 117 Å². The lowest BCUT2D eigenvalue weighted by molar-refractivity contribution is -0.129. The topological polar surface area (TPSA) is 63.4 Å². The lowest BCUT2D eigenvalue weighted by Gasteiger charge is -2.21. The fraction of sp³-hybridized carbons (Fsp3) is 0.867. The van der Waals surface area contributed by atoms with Gasteiger partial charge in [0.05, 0.1) is 6.54 Å². The molecule has 1 aliphatic heterocycles. The van der Waals surface area contributed by atoms with Crippen LogP contribution in [0.4, 0.5) is 0 Å². The lowest BCUT2D eigenvalue weighted by Crippen LogP contribution is -2.37. The number of rotatable bonds is 1. The minimum Gasteiger partial charge on any atom is -0.341 e. The number of aldehydes is 1. The van der Waals surface area contributed by atoms with E-state index in [4.69, 9.17) is 10.5 Å². The Balaban J connectivity index is 0.000000393. The predicted octanol–water partition coefficient (Wildman–Crippen LogP) is 1.93. The molecular formula is C15H30N2O2. The van der Waals surface area contributed by atoms with Crippen LogP contribution in [0.1, 0.15) is 41.5 Å². The SMILES string of the molecule is CC(C)C.CC1(C)C2CN(C(=O)CN)CC21.CC=O. The normalized spacial score (nSPS) is 25.6. The van der Waals surface area contributed by atoms with E-state index in [1.807, 2.05) is 4.90 Å². The number of nitrogens with two attached hydrogens (primary N) is 1. The zero-order chi connectivity index (χ0) is 15.2. The van der Waals surface area contributed by atoms with Crippen LogP contribution in [0.25, 0.3) is 0 Å². The summed E-state index contributed by atoms with van der Waals surface area (Å²) in [5, 5.41) is 0. The fourth-order valence-electron chi connectivity index (χ4n) is 2.46. The monoisotopic (exact) mass is 270 g/mol. The molecule has 2 aliphatic rings. The standard InChI is InChI=1S/C9H16N2O.C4H10.C2H4O/c1-9(2)6-4-11(5-7(6)9)8(12)3-10;1-4(2)3;1-2-3/h6-7H,3-5,10H2,1-2H3;4H,1-3H3;2H,1H3. The molecule has 2 N–H and O–H groups in total. The molecule has 2 rings (SSSR count). The highest BCUT2D eigenvalue weighted by Gasteiger charge is 2.62. The molecule has 0 bridgehead atoms. The number of carbonyl (C=O) groups is 2. The van der Waals surface area contributed by atoms with Crippen molar-refractivity contribution < 1.29 is 9.59 Å². The van der Waals surface area contributed by atoms with Gasteiger partial charge in [-0.1, -0.05) is 34.6 Å². The molecule has 0 spiro atoms. The summed E-state index contributed by atoms with van der Waals surface area (Å²) in [6.45, 7) is 14.6. The first kappa shape index (κ1) is 18.1. The van der Waals surface area contributed by atoms with Gasteiger partial charge in [-0.05, 0) is 30.1 Å². The third kappa shape index (κ3) is 5.31. The number of amides is 1. The third-order valence-electron chi connectivity index (χ3n) is 3.65. The predicted molar refractivity (Wildman–Crippen MR) is 78.6 cm³/mol. The highest BCUT2D eigenvalue weighted by Crippen LogP contribution is 2.61. The molecule has 0 aromatic heterocycles. The van der Waals surface area contributed by atoms with Gasteiger partial charge < -0.3 is 15.4 Å². The van der Waals surface area contributed by atoms with Gasteiger partial charge in [0.15, 0.2) is 0 Å². The molecule has 2 fully saturated rings. The summed E-state index contributed by atoms with van der Waals surface area (Å²) < 4.78 is 0. The molecule has 112 valence electrons. The fourth-order valence-corrected chi connectivity index (χ4v) is 2.46. The number of hydrogen-bond acceptors (Lipinski definition) is 3. The van der Waals surface area contributed by atoms with Crippen molar-refractivity contribution in [3.8, 4) is 0 Å². The maximum absolute atomic E-state index is 11.2. The molecule has 1 saturated heterocycles. The van der Waals surface area contributed by atoms with Crippen molar-refractivity contribution in [2.45, 2.75) is 41.5 Å². The van der Waals surface area contributed by atoms with Gasteiger partial charge in [0, 0.05) is 13.1 Å². The van der Waals surface area contributed by atoms with Gasteiger partial charge in [-0.3, -0.25) is 4.79 Å². The number of likely N-dealkylation sites (tertiary alicyclic amines) is 1. The van der Waals surface area contributed by atoms with E-state index in [1.165, 1.54) is 6.92 Å². The van der Waals surface area contributed by atoms with Crippen molar-refractivity contribution in [3.05, 3.63) is 0 Å². The molecule has 4 heteroatoms. The average Bonchev–Trinajstić information content (AvgIpc) is 2.70. The number of hydrogen-bond donors (Lipinski definition) is 1. The van der Waals surface area contributed by atoms with Crippen LogP contribution in [0.3, 0.4) is 0 Å². The van der Waals surface area contributed by atoms with Crippen LogP contribution in [0.15, 0.2) is 0 Å². The summed E-state index contributed by atoms with van der Waals surface area (Å²) in [5.41, 5.74) is 5.78. The van der Waals surface area contributed by atoms with Crippen LogP contribution in [0.2, 0.25) is 0 Å². The molecule has 1 saturated carbocycles. The maximum Gasteiger partial charge on any atom is 0.236 e. The van der Waals surface area contributed by atoms with Gasteiger partial charge in [-0.2, -0.15) is 0 Å². The number of fused-ring (bicyclic) bond motifs is 1. The first-order valence-corrected chi connectivity index (χ1v) is 7.09. The second-order valence-electron chi connectivity index (χ2n) is 6.50. The Morgan fingerprint density at radius 3 is 1.89 bits per heavy atom. The Hall–Kier alpha value is -0.900. The second-order valence-corrected chi connectivity index (χ2v) is 6.50. The van der Waals surface area contributed by atoms with E-state index in [0.29, 0.717) is 5.41 Å². The summed E-state index contributed by atoms with van der Waals surface area (Å²) in [5.74, 6) is 2.43. The first-order valence-electron chi connectivity index (χ1n) is 7.09. The second kappa shape index (κ2) is 7.63. The van der Waals surface area contributed by atoms with Gasteiger partial charge in [0.2, 0.25) is 5.91 Å². The lowest BCUT2D eigenvalue weighted by atomic mass is 10.1. The molecule has 0 radical (unpaired) electrons. The molecule has 2 unspecified atom stereocenters. The Morgan fingerprint density at radius 2 is 1.63 bits per heavy atom. The minimum absolute atomic E-state index is 0.109. The smallest absolute Gasteiger partial charge is 0.236 e. The molecule has 2 atom stereocenters. The Morgan fingerprint density at radius 1 is 1.32 bits per heavy atom. The zero-order valence-electron chi connectivity index (χ0n) is 13.3. The van der Waals surface area contributed by atoms with Crippen molar-refractivity contribution in [1.29, 1.82) is 0 Å². The molecule has 19 heavy (non-hydrogen) atoms. The van der Waals surface area contributed by atoms with Crippen LogP contribution in [0, 0.1) is 23.2 Å². The van der Waals surface area contributed by atoms with E-state index < -0.39 is 0 Å². The van der Waals surface area contributed by atoms with Crippen molar-refractivity contribution >= 4 is 12.2 Å². The van der Waals surface area contributed by atoms with Crippen molar-refractivity contribution in [3.63, 3.8) is 0 Å². The van der Waals surface area contributed by atoms with Gasteiger partial charge in [-0.15, -0.1) is 0 Å². The third-order valence-corrected chi connectivity index (χ3v) is 3.65. The van der Waals surface area contributed by atoms with E-state index in [2.05, 4.69) is 34.6 Å². The van der Waals surface area contributed by atoms with Gasteiger partial charge >= 0.3 is 0 Å². The Kier molecular flexibility index (Phi) is 7.27. The average molecular weight is 270 g/mol.